The van der Waals surface area contributed by atoms with Gasteiger partial charge in [0.1, 0.15) is 6.04 Å². The molecule has 2 saturated heterocycles. The molecule has 1 aromatic rings. The van der Waals surface area contributed by atoms with E-state index in [1.807, 2.05) is 6.07 Å². The lowest BCUT2D eigenvalue weighted by molar-refractivity contribution is -0.136. The first-order valence-electron chi connectivity index (χ1n) is 10.7. The third-order valence-electron chi connectivity index (χ3n) is 7.31. The summed E-state index contributed by atoms with van der Waals surface area (Å²) in [5, 5.41) is 2.22. The second-order valence-corrected chi connectivity index (χ2v) is 9.09. The molecule has 0 aromatic heterocycles. The molecule has 1 saturated carbocycles. The third kappa shape index (κ3) is 2.89. The third-order valence-corrected chi connectivity index (χ3v) is 7.31. The highest BCUT2D eigenvalue weighted by Crippen LogP contribution is 2.48. The first-order chi connectivity index (χ1) is 14.4. The number of benzene rings is 1. The minimum absolute atomic E-state index is 0.119. The molecule has 30 heavy (non-hydrogen) atoms. The fourth-order valence-electron chi connectivity index (χ4n) is 5.57. The molecule has 0 radical (unpaired) electrons. The average molecular weight is 410 g/mol. The summed E-state index contributed by atoms with van der Waals surface area (Å²) >= 11 is 0. The van der Waals surface area contributed by atoms with Crippen molar-refractivity contribution in [1.29, 1.82) is 0 Å². The van der Waals surface area contributed by atoms with Crippen LogP contribution in [-0.2, 0) is 16.1 Å². The zero-order valence-corrected chi connectivity index (χ0v) is 16.9. The lowest BCUT2D eigenvalue weighted by Gasteiger charge is -2.46. The van der Waals surface area contributed by atoms with Crippen LogP contribution in [0.5, 0.6) is 0 Å². The summed E-state index contributed by atoms with van der Waals surface area (Å²) in [5.74, 6) is -1.37. The molecule has 1 aromatic carbocycles. The van der Waals surface area contributed by atoms with Crippen LogP contribution in [0, 0.1) is 5.92 Å². The van der Waals surface area contributed by atoms with Crippen LogP contribution in [0.3, 0.4) is 0 Å². The molecule has 3 aliphatic heterocycles. The quantitative estimate of drug-likeness (QED) is 0.710. The number of nitrogens with zero attached hydrogens (tertiary/aromatic N) is 2. The number of nitrogens with two attached hydrogens (primary N) is 1. The van der Waals surface area contributed by atoms with Gasteiger partial charge in [-0.1, -0.05) is 6.07 Å². The van der Waals surface area contributed by atoms with Crippen molar-refractivity contribution in [2.45, 2.75) is 56.7 Å². The molecule has 158 valence electrons. The maximum absolute atomic E-state index is 13.0. The molecule has 3 fully saturated rings. The summed E-state index contributed by atoms with van der Waals surface area (Å²) in [6.45, 7) is 2.38. The van der Waals surface area contributed by atoms with Gasteiger partial charge >= 0.3 is 0 Å². The van der Waals surface area contributed by atoms with E-state index >= 15 is 0 Å². The lowest BCUT2D eigenvalue weighted by atomic mass is 9.73. The van der Waals surface area contributed by atoms with Crippen LogP contribution in [0.1, 0.15) is 64.8 Å². The average Bonchev–Trinajstić information content (AvgIpc) is 3.18. The number of rotatable bonds is 4. The van der Waals surface area contributed by atoms with E-state index in [4.69, 9.17) is 5.73 Å². The number of nitrogens with one attached hydrogen (secondary N) is 1. The van der Waals surface area contributed by atoms with Gasteiger partial charge in [0, 0.05) is 25.0 Å². The largest absolute Gasteiger partial charge is 0.330 e. The van der Waals surface area contributed by atoms with Gasteiger partial charge in [0.25, 0.3) is 11.8 Å². The van der Waals surface area contributed by atoms with Gasteiger partial charge in [-0.2, -0.15) is 0 Å². The molecule has 0 bridgehead atoms. The van der Waals surface area contributed by atoms with Crippen molar-refractivity contribution in [2.24, 2.45) is 11.7 Å². The normalized spacial score (nSPS) is 28.1. The van der Waals surface area contributed by atoms with Gasteiger partial charge in [-0.25, -0.2) is 0 Å². The monoisotopic (exact) mass is 410 g/mol. The molecular formula is C22H26N4O4. The fourth-order valence-corrected chi connectivity index (χ4v) is 5.57. The second kappa shape index (κ2) is 6.99. The van der Waals surface area contributed by atoms with Gasteiger partial charge in [0.2, 0.25) is 11.8 Å². The van der Waals surface area contributed by atoms with Crippen LogP contribution in [-0.4, -0.2) is 58.1 Å². The minimum atomic E-state index is -0.930. The SMILES string of the molecule is NCC1CN(Cc2ccc3c(c2)C(=O)N(C2CCC(=O)NC2=O)C3=O)C2(CCC2)C1. The van der Waals surface area contributed by atoms with Crippen molar-refractivity contribution in [1.82, 2.24) is 15.1 Å². The van der Waals surface area contributed by atoms with Crippen LogP contribution >= 0.6 is 0 Å². The number of hydrogen-bond donors (Lipinski definition) is 2. The Balaban J connectivity index is 1.37. The molecular weight excluding hydrogens is 384 g/mol. The molecule has 3 heterocycles. The van der Waals surface area contributed by atoms with E-state index in [0.29, 0.717) is 23.6 Å². The Kier molecular flexibility index (Phi) is 4.52. The minimum Gasteiger partial charge on any atom is -0.330 e. The van der Waals surface area contributed by atoms with Gasteiger partial charge in [-0.3, -0.25) is 34.3 Å². The zero-order chi connectivity index (χ0) is 21.0. The fraction of sp³-hybridized carbons (Fsp3) is 0.545. The summed E-state index contributed by atoms with van der Waals surface area (Å²) in [5.41, 5.74) is 7.84. The van der Waals surface area contributed by atoms with E-state index in [9.17, 15) is 19.2 Å². The van der Waals surface area contributed by atoms with Crippen molar-refractivity contribution < 1.29 is 19.2 Å². The van der Waals surface area contributed by atoms with Crippen molar-refractivity contribution in [3.8, 4) is 0 Å². The number of fused-ring (bicyclic) bond motifs is 1. The van der Waals surface area contributed by atoms with Crippen LogP contribution < -0.4 is 11.1 Å². The molecule has 8 heteroatoms. The number of piperidine rings is 1. The topological polar surface area (TPSA) is 113 Å². The Morgan fingerprint density at radius 3 is 2.53 bits per heavy atom. The first kappa shape index (κ1) is 19.4. The number of amides is 4. The Bertz CT molecular complexity index is 954. The lowest BCUT2D eigenvalue weighted by Crippen LogP contribution is -2.54. The van der Waals surface area contributed by atoms with Crippen LogP contribution in [0.25, 0.3) is 0 Å². The summed E-state index contributed by atoms with van der Waals surface area (Å²) in [6, 6.07) is 4.46. The Morgan fingerprint density at radius 1 is 1.10 bits per heavy atom. The molecule has 8 nitrogen and oxygen atoms in total. The molecule has 4 aliphatic rings. The second-order valence-electron chi connectivity index (χ2n) is 9.09. The molecule has 4 amide bonds. The van der Waals surface area contributed by atoms with Gasteiger partial charge in [-0.15, -0.1) is 0 Å². The number of hydrogen-bond acceptors (Lipinski definition) is 6. The molecule has 2 unspecified atom stereocenters. The highest BCUT2D eigenvalue weighted by Gasteiger charge is 2.49. The summed E-state index contributed by atoms with van der Waals surface area (Å²) in [4.78, 5) is 53.0. The molecule has 5 rings (SSSR count). The number of imide groups is 2. The van der Waals surface area contributed by atoms with Crippen LogP contribution in [0.15, 0.2) is 18.2 Å². The maximum atomic E-state index is 13.0. The molecule has 1 aliphatic carbocycles. The molecule has 3 N–H and O–H groups in total. The summed E-state index contributed by atoms with van der Waals surface area (Å²) < 4.78 is 0. The number of carbonyl (C=O) groups excluding carboxylic acids is 4. The Morgan fingerprint density at radius 2 is 1.87 bits per heavy atom. The van der Waals surface area contributed by atoms with E-state index < -0.39 is 23.8 Å². The smallest absolute Gasteiger partial charge is 0.262 e. The number of likely N-dealkylation sites (tertiary alicyclic amines) is 1. The number of carbonyl (C=O) groups is 4. The van der Waals surface area contributed by atoms with Crippen molar-refractivity contribution >= 4 is 23.6 Å². The van der Waals surface area contributed by atoms with E-state index in [2.05, 4.69) is 10.2 Å². The van der Waals surface area contributed by atoms with E-state index in [1.54, 1.807) is 12.1 Å². The standard InChI is InChI=1S/C22H26N4O4/c23-10-14-9-22(6-1-7-22)25(12-14)11-13-2-3-15-16(8-13)21(30)26(20(15)29)17-4-5-18(27)24-19(17)28/h2-3,8,14,17H,1,4-7,9-12,23H2,(H,24,27,28). The van der Waals surface area contributed by atoms with E-state index in [0.717, 1.165) is 30.0 Å². The van der Waals surface area contributed by atoms with Gasteiger partial charge < -0.3 is 5.73 Å². The predicted molar refractivity (Wildman–Crippen MR) is 107 cm³/mol. The Hall–Kier alpha value is -2.58. The summed E-state index contributed by atoms with van der Waals surface area (Å²) in [7, 11) is 0. The van der Waals surface area contributed by atoms with E-state index in [-0.39, 0.29) is 24.3 Å². The van der Waals surface area contributed by atoms with Gasteiger partial charge in [0.15, 0.2) is 0 Å². The molecule has 1 spiro atoms. The Labute approximate surface area is 174 Å². The van der Waals surface area contributed by atoms with Crippen LogP contribution in [0.2, 0.25) is 0 Å². The zero-order valence-electron chi connectivity index (χ0n) is 16.9. The van der Waals surface area contributed by atoms with Crippen LogP contribution in [0.4, 0.5) is 0 Å². The highest BCUT2D eigenvalue weighted by atomic mass is 16.2. The maximum Gasteiger partial charge on any atom is 0.262 e. The van der Waals surface area contributed by atoms with Crippen molar-refractivity contribution in [3.05, 3.63) is 34.9 Å². The summed E-state index contributed by atoms with van der Waals surface area (Å²) in [6.07, 6.45) is 5.04. The highest BCUT2D eigenvalue weighted by molar-refractivity contribution is 6.23. The van der Waals surface area contributed by atoms with Crippen molar-refractivity contribution in [2.75, 3.05) is 13.1 Å². The van der Waals surface area contributed by atoms with Gasteiger partial charge in [0.05, 0.1) is 11.1 Å². The van der Waals surface area contributed by atoms with Crippen molar-refractivity contribution in [3.63, 3.8) is 0 Å². The van der Waals surface area contributed by atoms with E-state index in [1.165, 1.54) is 19.3 Å². The molecule has 2 atom stereocenters. The first-order valence-corrected chi connectivity index (χ1v) is 10.7. The van der Waals surface area contributed by atoms with Gasteiger partial charge in [-0.05, 0) is 62.3 Å². The predicted octanol–water partition coefficient (Wildman–Crippen LogP) is 0.791.